The van der Waals surface area contributed by atoms with Crippen LogP contribution < -0.4 is 0 Å². The molecule has 102 valence electrons. The predicted octanol–water partition coefficient (Wildman–Crippen LogP) is 3.86. The van der Waals surface area contributed by atoms with Gasteiger partial charge in [0.25, 0.3) is 0 Å². The maximum absolute atomic E-state index is 10.4. The second-order valence-corrected chi connectivity index (χ2v) is 7.24. The lowest BCUT2D eigenvalue weighted by atomic mass is 9.55. The van der Waals surface area contributed by atoms with Gasteiger partial charge in [-0.05, 0) is 60.8 Å². The predicted molar refractivity (Wildman–Crippen MR) is 77.5 cm³/mol. The van der Waals surface area contributed by atoms with E-state index in [2.05, 4.69) is 37.3 Å². The van der Waals surface area contributed by atoms with E-state index < -0.39 is 0 Å². The van der Waals surface area contributed by atoms with Gasteiger partial charge in [0, 0.05) is 5.92 Å². The Labute approximate surface area is 116 Å². The zero-order chi connectivity index (χ0) is 13.0. The summed E-state index contributed by atoms with van der Waals surface area (Å²) in [5.74, 6) is 2.84. The minimum atomic E-state index is -0.0642. The zero-order valence-corrected chi connectivity index (χ0v) is 11.8. The molecule has 0 saturated heterocycles. The van der Waals surface area contributed by atoms with Crippen LogP contribution in [0, 0.1) is 29.1 Å². The highest BCUT2D eigenvalue weighted by Crippen LogP contribution is 2.59. The Balaban J connectivity index is 1.71. The molecule has 0 aromatic carbocycles. The van der Waals surface area contributed by atoms with Crippen molar-refractivity contribution in [1.29, 1.82) is 0 Å². The van der Waals surface area contributed by atoms with Crippen molar-refractivity contribution >= 4 is 0 Å². The van der Waals surface area contributed by atoms with Crippen LogP contribution >= 0.6 is 0 Å². The van der Waals surface area contributed by atoms with E-state index in [-0.39, 0.29) is 11.5 Å². The molecule has 0 aromatic rings. The highest BCUT2D eigenvalue weighted by atomic mass is 16.3. The van der Waals surface area contributed by atoms with E-state index in [9.17, 15) is 5.11 Å². The summed E-state index contributed by atoms with van der Waals surface area (Å²) < 4.78 is 0. The Bertz CT molecular complexity index is 472. The molecule has 0 aliphatic heterocycles. The van der Waals surface area contributed by atoms with E-state index in [1.54, 1.807) is 5.57 Å². The quantitative estimate of drug-likeness (QED) is 0.652. The molecule has 0 spiro atoms. The number of aliphatic hydroxyl groups is 1. The maximum Gasteiger partial charge on any atom is 0.0596 e. The summed E-state index contributed by atoms with van der Waals surface area (Å²) in [5, 5.41) is 10.4. The molecular weight excluding hydrogens is 232 g/mol. The van der Waals surface area contributed by atoms with Crippen molar-refractivity contribution in [2.24, 2.45) is 29.1 Å². The zero-order valence-electron chi connectivity index (χ0n) is 11.8. The lowest BCUT2D eigenvalue weighted by Gasteiger charge is -2.50. The van der Waals surface area contributed by atoms with E-state index >= 15 is 0 Å². The van der Waals surface area contributed by atoms with Gasteiger partial charge in [0.05, 0.1) is 6.10 Å². The number of hydrogen-bond acceptors (Lipinski definition) is 1. The van der Waals surface area contributed by atoms with E-state index in [0.29, 0.717) is 17.8 Å². The van der Waals surface area contributed by atoms with Crippen molar-refractivity contribution in [2.45, 2.75) is 45.1 Å². The highest BCUT2D eigenvalue weighted by molar-refractivity contribution is 5.35. The first kappa shape index (κ1) is 12.0. The number of aliphatic hydroxyl groups excluding tert-OH is 1. The molecule has 2 saturated carbocycles. The largest absolute Gasteiger partial charge is 0.393 e. The van der Waals surface area contributed by atoms with E-state index in [1.165, 1.54) is 19.3 Å². The fraction of sp³-hybridized carbons (Fsp3) is 0.667. The van der Waals surface area contributed by atoms with Crippen LogP contribution in [0.5, 0.6) is 0 Å². The van der Waals surface area contributed by atoms with E-state index in [1.807, 2.05) is 0 Å². The third-order valence-corrected chi connectivity index (χ3v) is 6.52. The van der Waals surface area contributed by atoms with Crippen LogP contribution in [0.2, 0.25) is 0 Å². The van der Waals surface area contributed by atoms with Gasteiger partial charge in [-0.3, -0.25) is 0 Å². The smallest absolute Gasteiger partial charge is 0.0596 e. The van der Waals surface area contributed by atoms with Crippen molar-refractivity contribution < 1.29 is 5.11 Å². The molecule has 0 aromatic heterocycles. The van der Waals surface area contributed by atoms with Crippen LogP contribution in [0.4, 0.5) is 0 Å². The van der Waals surface area contributed by atoms with Gasteiger partial charge < -0.3 is 5.11 Å². The van der Waals surface area contributed by atoms with E-state index in [0.717, 1.165) is 18.8 Å². The summed E-state index contributed by atoms with van der Waals surface area (Å²) in [6.45, 7) is 2.33. The molecule has 4 rings (SSSR count). The molecule has 4 aliphatic rings. The molecule has 6 atom stereocenters. The number of rotatable bonds is 0. The van der Waals surface area contributed by atoms with Gasteiger partial charge >= 0.3 is 0 Å². The summed E-state index contributed by atoms with van der Waals surface area (Å²) in [6.07, 6.45) is 17.8. The van der Waals surface area contributed by atoms with Crippen LogP contribution in [-0.2, 0) is 0 Å². The third kappa shape index (κ3) is 1.57. The lowest BCUT2D eigenvalue weighted by Crippen LogP contribution is -2.45. The standard InChI is InChI=1S/C18H24O/c1-18-11-10-14-13-5-3-2-4-12(13)6-7-15(14)16(18)8-9-17(18)19/h3-7,13-17,19H,2,8-11H2,1H3/t13-,14+,15+,16-,17?,18-/m0/s1. The molecular formula is C18H24O. The SMILES string of the molecule is C[C@]12CC[C@H]3[C@@H](C=CC4=CCC=C[C@@H]43)[C@@H]1CCC2O. The summed E-state index contributed by atoms with van der Waals surface area (Å²) in [7, 11) is 0. The van der Waals surface area contributed by atoms with Crippen LogP contribution in [0.25, 0.3) is 0 Å². The first-order valence-corrected chi connectivity index (χ1v) is 7.93. The van der Waals surface area contributed by atoms with Gasteiger partial charge in [-0.25, -0.2) is 0 Å². The van der Waals surface area contributed by atoms with Crippen molar-refractivity contribution in [3.8, 4) is 0 Å². The maximum atomic E-state index is 10.4. The van der Waals surface area contributed by atoms with Crippen molar-refractivity contribution in [1.82, 2.24) is 0 Å². The molecule has 1 heteroatoms. The molecule has 19 heavy (non-hydrogen) atoms. The summed E-state index contributed by atoms with van der Waals surface area (Å²) in [6, 6.07) is 0. The molecule has 0 heterocycles. The molecule has 0 amide bonds. The van der Waals surface area contributed by atoms with Gasteiger partial charge in [-0.2, -0.15) is 0 Å². The Morgan fingerprint density at radius 2 is 2.11 bits per heavy atom. The van der Waals surface area contributed by atoms with Crippen LogP contribution in [0.15, 0.2) is 36.0 Å². The monoisotopic (exact) mass is 256 g/mol. The second kappa shape index (κ2) is 4.09. The normalized spacial score (nSPS) is 51.3. The van der Waals surface area contributed by atoms with Crippen molar-refractivity contribution in [2.75, 3.05) is 0 Å². The van der Waals surface area contributed by atoms with Gasteiger partial charge in [0.15, 0.2) is 0 Å². The highest BCUT2D eigenvalue weighted by Gasteiger charge is 2.54. The molecule has 1 nitrogen and oxygen atoms in total. The molecule has 1 N–H and O–H groups in total. The Hall–Kier alpha value is -0.820. The number of fused-ring (bicyclic) bond motifs is 5. The Kier molecular flexibility index (Phi) is 2.57. The average Bonchev–Trinajstić information content (AvgIpc) is 2.75. The fourth-order valence-electron chi connectivity index (χ4n) is 5.36. The fourth-order valence-corrected chi connectivity index (χ4v) is 5.36. The van der Waals surface area contributed by atoms with Crippen LogP contribution in [0.3, 0.4) is 0 Å². The Morgan fingerprint density at radius 1 is 1.21 bits per heavy atom. The van der Waals surface area contributed by atoms with Crippen LogP contribution in [0.1, 0.15) is 39.0 Å². The van der Waals surface area contributed by atoms with Gasteiger partial charge in [0.1, 0.15) is 0 Å². The molecule has 4 aliphatic carbocycles. The minimum absolute atomic E-state index is 0.0642. The van der Waals surface area contributed by atoms with Crippen molar-refractivity contribution in [3.05, 3.63) is 36.0 Å². The number of allylic oxidation sites excluding steroid dienone is 6. The molecule has 0 bridgehead atoms. The van der Waals surface area contributed by atoms with E-state index in [4.69, 9.17) is 0 Å². The summed E-state index contributed by atoms with van der Waals surface area (Å²) >= 11 is 0. The Morgan fingerprint density at radius 3 is 3.00 bits per heavy atom. The first-order valence-electron chi connectivity index (χ1n) is 7.93. The molecule has 1 unspecified atom stereocenters. The third-order valence-electron chi connectivity index (χ3n) is 6.52. The second-order valence-electron chi connectivity index (χ2n) is 7.24. The number of hydrogen-bond donors (Lipinski definition) is 1. The van der Waals surface area contributed by atoms with Gasteiger partial charge in [-0.1, -0.05) is 37.3 Å². The van der Waals surface area contributed by atoms with Gasteiger partial charge in [-0.15, -0.1) is 0 Å². The topological polar surface area (TPSA) is 20.2 Å². The average molecular weight is 256 g/mol. The summed E-state index contributed by atoms with van der Waals surface area (Å²) in [5.41, 5.74) is 1.73. The van der Waals surface area contributed by atoms with Crippen LogP contribution in [-0.4, -0.2) is 11.2 Å². The first-order chi connectivity index (χ1) is 9.20. The lowest BCUT2D eigenvalue weighted by molar-refractivity contribution is -0.0265. The summed E-state index contributed by atoms with van der Waals surface area (Å²) in [4.78, 5) is 0. The molecule has 0 radical (unpaired) electrons. The van der Waals surface area contributed by atoms with Gasteiger partial charge in [0.2, 0.25) is 0 Å². The van der Waals surface area contributed by atoms with Crippen molar-refractivity contribution in [3.63, 3.8) is 0 Å². The molecule has 2 fully saturated rings. The minimum Gasteiger partial charge on any atom is -0.393 e.